The molecule has 0 aliphatic rings. The van der Waals surface area contributed by atoms with Crippen LogP contribution in [-0.4, -0.2) is 24.2 Å². The SMILES string of the molecule is CC(C)(C)OC(=O)CCCNC(=O)Oc1ccccc1. The molecule has 1 aromatic carbocycles. The zero-order valence-corrected chi connectivity index (χ0v) is 12.1. The van der Waals surface area contributed by atoms with E-state index in [1.807, 2.05) is 26.8 Å². The van der Waals surface area contributed by atoms with Crippen molar-refractivity contribution in [3.05, 3.63) is 30.3 Å². The molecule has 0 aromatic heterocycles. The summed E-state index contributed by atoms with van der Waals surface area (Å²) in [6.45, 7) is 5.83. The molecular weight excluding hydrogens is 258 g/mol. The maximum absolute atomic E-state index is 11.4. The van der Waals surface area contributed by atoms with E-state index < -0.39 is 11.7 Å². The van der Waals surface area contributed by atoms with Crippen LogP contribution in [0.1, 0.15) is 33.6 Å². The molecular formula is C15H21NO4. The van der Waals surface area contributed by atoms with Gasteiger partial charge in [-0.05, 0) is 39.3 Å². The zero-order chi connectivity index (χ0) is 15.0. The Morgan fingerprint density at radius 2 is 1.80 bits per heavy atom. The Hall–Kier alpha value is -2.04. The second-order valence-electron chi connectivity index (χ2n) is 5.32. The largest absolute Gasteiger partial charge is 0.460 e. The topological polar surface area (TPSA) is 64.6 Å². The van der Waals surface area contributed by atoms with Crippen LogP contribution in [0.3, 0.4) is 0 Å². The molecule has 0 fully saturated rings. The lowest BCUT2D eigenvalue weighted by Crippen LogP contribution is -2.29. The molecule has 0 saturated heterocycles. The van der Waals surface area contributed by atoms with E-state index in [1.54, 1.807) is 24.3 Å². The lowest BCUT2D eigenvalue weighted by Gasteiger charge is -2.19. The van der Waals surface area contributed by atoms with Crippen molar-refractivity contribution >= 4 is 12.1 Å². The summed E-state index contributed by atoms with van der Waals surface area (Å²) in [7, 11) is 0. The third-order valence-electron chi connectivity index (χ3n) is 2.20. The molecule has 0 atom stereocenters. The first-order chi connectivity index (χ1) is 9.37. The van der Waals surface area contributed by atoms with Gasteiger partial charge in [0.1, 0.15) is 11.4 Å². The molecule has 20 heavy (non-hydrogen) atoms. The first-order valence-corrected chi connectivity index (χ1v) is 6.59. The lowest BCUT2D eigenvalue weighted by molar-refractivity contribution is -0.154. The average molecular weight is 279 g/mol. The first kappa shape index (κ1) is 16.0. The molecule has 0 heterocycles. The Kier molecular flexibility index (Phi) is 6.03. The minimum Gasteiger partial charge on any atom is -0.460 e. The zero-order valence-electron chi connectivity index (χ0n) is 12.1. The van der Waals surface area contributed by atoms with Gasteiger partial charge < -0.3 is 14.8 Å². The molecule has 110 valence electrons. The summed E-state index contributed by atoms with van der Waals surface area (Å²) in [5.74, 6) is 0.216. The summed E-state index contributed by atoms with van der Waals surface area (Å²) < 4.78 is 10.2. The van der Waals surface area contributed by atoms with E-state index in [1.165, 1.54) is 0 Å². The van der Waals surface area contributed by atoms with Gasteiger partial charge in [0.05, 0.1) is 0 Å². The van der Waals surface area contributed by atoms with Crippen molar-refractivity contribution in [2.45, 2.75) is 39.2 Å². The Morgan fingerprint density at radius 3 is 2.40 bits per heavy atom. The summed E-state index contributed by atoms with van der Waals surface area (Å²) in [6.07, 6.45) is 0.252. The number of amides is 1. The molecule has 0 radical (unpaired) electrons. The highest BCUT2D eigenvalue weighted by molar-refractivity contribution is 5.71. The number of benzene rings is 1. The Balaban J connectivity index is 2.15. The number of carbonyl (C=O) groups excluding carboxylic acids is 2. The highest BCUT2D eigenvalue weighted by atomic mass is 16.6. The van der Waals surface area contributed by atoms with Crippen LogP contribution in [0, 0.1) is 0 Å². The van der Waals surface area contributed by atoms with E-state index in [0.29, 0.717) is 18.7 Å². The molecule has 0 bridgehead atoms. The van der Waals surface area contributed by atoms with Gasteiger partial charge in [-0.3, -0.25) is 4.79 Å². The van der Waals surface area contributed by atoms with Crippen molar-refractivity contribution in [1.29, 1.82) is 0 Å². The molecule has 0 aliphatic heterocycles. The van der Waals surface area contributed by atoms with Crippen molar-refractivity contribution < 1.29 is 19.1 Å². The number of hydrogen-bond donors (Lipinski definition) is 1. The number of carbonyl (C=O) groups is 2. The van der Waals surface area contributed by atoms with Crippen LogP contribution < -0.4 is 10.1 Å². The fourth-order valence-corrected chi connectivity index (χ4v) is 1.45. The van der Waals surface area contributed by atoms with Gasteiger partial charge in [-0.15, -0.1) is 0 Å². The highest BCUT2D eigenvalue weighted by Crippen LogP contribution is 2.09. The lowest BCUT2D eigenvalue weighted by atomic mass is 10.2. The van der Waals surface area contributed by atoms with Crippen molar-refractivity contribution in [3.63, 3.8) is 0 Å². The van der Waals surface area contributed by atoms with E-state index in [2.05, 4.69) is 5.32 Å². The molecule has 5 heteroatoms. The van der Waals surface area contributed by atoms with E-state index in [9.17, 15) is 9.59 Å². The standard InChI is InChI=1S/C15H21NO4/c1-15(2,3)20-13(17)10-7-11-16-14(18)19-12-8-5-4-6-9-12/h4-6,8-9H,7,10-11H2,1-3H3,(H,16,18). The molecule has 1 aromatic rings. The van der Waals surface area contributed by atoms with E-state index in [4.69, 9.17) is 9.47 Å². The highest BCUT2D eigenvalue weighted by Gasteiger charge is 2.15. The molecule has 1 amide bonds. The van der Waals surface area contributed by atoms with E-state index in [-0.39, 0.29) is 12.4 Å². The number of ether oxygens (including phenoxy) is 2. The molecule has 0 saturated carbocycles. The molecule has 0 aliphatic carbocycles. The van der Waals surface area contributed by atoms with Crippen LogP contribution in [-0.2, 0) is 9.53 Å². The number of nitrogens with one attached hydrogen (secondary N) is 1. The van der Waals surface area contributed by atoms with Crippen molar-refractivity contribution in [2.75, 3.05) is 6.54 Å². The molecule has 5 nitrogen and oxygen atoms in total. The normalized spacial score (nSPS) is 10.8. The Labute approximate surface area is 119 Å². The van der Waals surface area contributed by atoms with Crippen molar-refractivity contribution in [3.8, 4) is 5.75 Å². The summed E-state index contributed by atoms with van der Waals surface area (Å²) in [5, 5.41) is 2.58. The van der Waals surface area contributed by atoms with Gasteiger partial charge in [0.25, 0.3) is 0 Å². The number of esters is 1. The number of rotatable bonds is 5. The van der Waals surface area contributed by atoms with Gasteiger partial charge in [0.15, 0.2) is 0 Å². The third kappa shape index (κ3) is 7.41. The summed E-state index contributed by atoms with van der Waals surface area (Å²) in [4.78, 5) is 22.9. The molecule has 0 unspecified atom stereocenters. The molecule has 0 spiro atoms. The van der Waals surface area contributed by atoms with Crippen LogP contribution >= 0.6 is 0 Å². The van der Waals surface area contributed by atoms with Gasteiger partial charge in [-0.2, -0.15) is 0 Å². The van der Waals surface area contributed by atoms with Crippen LogP contribution in [0.15, 0.2) is 30.3 Å². The summed E-state index contributed by atoms with van der Waals surface area (Å²) >= 11 is 0. The Morgan fingerprint density at radius 1 is 1.15 bits per heavy atom. The predicted molar refractivity (Wildman–Crippen MR) is 75.5 cm³/mol. The van der Waals surface area contributed by atoms with Crippen molar-refractivity contribution in [2.24, 2.45) is 0 Å². The van der Waals surface area contributed by atoms with Gasteiger partial charge >= 0.3 is 12.1 Å². The van der Waals surface area contributed by atoms with Gasteiger partial charge in [-0.25, -0.2) is 4.79 Å². The minimum atomic E-state index is -0.527. The fourth-order valence-electron chi connectivity index (χ4n) is 1.45. The van der Waals surface area contributed by atoms with E-state index in [0.717, 1.165) is 0 Å². The molecule has 1 rings (SSSR count). The smallest absolute Gasteiger partial charge is 0.412 e. The number of para-hydroxylation sites is 1. The number of hydrogen-bond acceptors (Lipinski definition) is 4. The fraction of sp³-hybridized carbons (Fsp3) is 0.467. The minimum absolute atomic E-state index is 0.267. The van der Waals surface area contributed by atoms with Crippen LogP contribution in [0.4, 0.5) is 4.79 Å². The summed E-state index contributed by atoms with van der Waals surface area (Å²) in [5.41, 5.74) is -0.475. The quantitative estimate of drug-likeness (QED) is 0.665. The van der Waals surface area contributed by atoms with Gasteiger partial charge in [0, 0.05) is 13.0 Å². The van der Waals surface area contributed by atoms with Crippen LogP contribution in [0.25, 0.3) is 0 Å². The maximum Gasteiger partial charge on any atom is 0.412 e. The van der Waals surface area contributed by atoms with Crippen molar-refractivity contribution in [1.82, 2.24) is 5.32 Å². The second kappa shape index (κ2) is 7.53. The summed E-state index contributed by atoms with van der Waals surface area (Å²) in [6, 6.07) is 8.79. The predicted octanol–water partition coefficient (Wildman–Crippen LogP) is 2.90. The van der Waals surface area contributed by atoms with Crippen LogP contribution in [0.5, 0.6) is 5.75 Å². The first-order valence-electron chi connectivity index (χ1n) is 6.59. The Bertz CT molecular complexity index is 437. The maximum atomic E-state index is 11.4. The second-order valence-corrected chi connectivity index (χ2v) is 5.32. The monoisotopic (exact) mass is 279 g/mol. The van der Waals surface area contributed by atoms with E-state index >= 15 is 0 Å². The van der Waals surface area contributed by atoms with Crippen LogP contribution in [0.2, 0.25) is 0 Å². The average Bonchev–Trinajstić information content (AvgIpc) is 2.34. The molecule has 1 N–H and O–H groups in total. The van der Waals surface area contributed by atoms with Gasteiger partial charge in [0.2, 0.25) is 0 Å². The van der Waals surface area contributed by atoms with Gasteiger partial charge in [-0.1, -0.05) is 18.2 Å². The third-order valence-corrected chi connectivity index (χ3v) is 2.20.